The largest absolute Gasteiger partial charge is 0.422 e. The Bertz CT molecular complexity index is 1350. The van der Waals surface area contributed by atoms with Crippen LogP contribution in [-0.2, 0) is 6.54 Å². The van der Waals surface area contributed by atoms with Crippen LogP contribution in [0.1, 0.15) is 27.0 Å². The Morgan fingerprint density at radius 1 is 1.00 bits per heavy atom. The van der Waals surface area contributed by atoms with Crippen LogP contribution in [-0.4, -0.2) is 10.9 Å². The maximum Gasteiger partial charge on any atom is 0.349 e. The highest BCUT2D eigenvalue weighted by Crippen LogP contribution is 2.17. The van der Waals surface area contributed by atoms with E-state index in [1.54, 1.807) is 30.3 Å². The number of benzene rings is 2. The van der Waals surface area contributed by atoms with Gasteiger partial charge in [0.2, 0.25) is 0 Å². The number of carbonyl (C=O) groups excluding carboxylic acids is 1. The van der Waals surface area contributed by atoms with Crippen molar-refractivity contribution in [3.63, 3.8) is 0 Å². The molecule has 2 heterocycles. The third-order valence-electron chi connectivity index (χ3n) is 4.86. The molecule has 0 aliphatic carbocycles. The van der Waals surface area contributed by atoms with Crippen molar-refractivity contribution in [2.45, 2.75) is 20.4 Å². The van der Waals surface area contributed by atoms with E-state index < -0.39 is 11.5 Å². The molecule has 6 heteroatoms. The molecular formula is C22H18N2O4. The number of hydrogen-bond donors (Lipinski definition) is 2. The highest BCUT2D eigenvalue weighted by molar-refractivity contribution is 5.96. The highest BCUT2D eigenvalue weighted by atomic mass is 16.4. The molecule has 0 fully saturated rings. The van der Waals surface area contributed by atoms with Gasteiger partial charge in [-0.3, -0.25) is 9.59 Å². The van der Waals surface area contributed by atoms with Gasteiger partial charge < -0.3 is 14.7 Å². The van der Waals surface area contributed by atoms with Crippen LogP contribution in [0, 0.1) is 13.8 Å². The lowest BCUT2D eigenvalue weighted by molar-refractivity contribution is 0.0947. The lowest BCUT2D eigenvalue weighted by Gasteiger charge is -2.08. The standard InChI is InChI=1S/C22H18N2O4/c1-12-7-15-9-16(20(25)24-18(15)8-13(12)2)11-23-21(26)17-10-14-5-3-4-6-19(14)28-22(17)27/h3-10H,11H2,1-2H3,(H,23,26)(H,24,25). The molecule has 0 aliphatic heterocycles. The van der Waals surface area contributed by atoms with E-state index in [1.807, 2.05) is 26.0 Å². The Morgan fingerprint density at radius 2 is 1.75 bits per heavy atom. The van der Waals surface area contributed by atoms with Gasteiger partial charge in [0.1, 0.15) is 11.1 Å². The van der Waals surface area contributed by atoms with E-state index in [2.05, 4.69) is 10.3 Å². The van der Waals surface area contributed by atoms with Gasteiger partial charge in [-0.05, 0) is 60.7 Å². The lowest BCUT2D eigenvalue weighted by Crippen LogP contribution is -2.30. The second-order valence-electron chi connectivity index (χ2n) is 6.82. The molecule has 2 N–H and O–H groups in total. The first-order chi connectivity index (χ1) is 13.4. The first-order valence-electron chi connectivity index (χ1n) is 8.86. The lowest BCUT2D eigenvalue weighted by atomic mass is 10.0. The molecule has 6 nitrogen and oxygen atoms in total. The van der Waals surface area contributed by atoms with E-state index in [9.17, 15) is 14.4 Å². The molecule has 0 radical (unpaired) electrons. The number of H-pyrrole nitrogens is 1. The molecule has 4 aromatic rings. The van der Waals surface area contributed by atoms with Crippen molar-refractivity contribution in [2.75, 3.05) is 0 Å². The number of nitrogens with one attached hydrogen (secondary N) is 2. The number of para-hydroxylation sites is 1. The fraction of sp³-hybridized carbons (Fsp3) is 0.136. The summed E-state index contributed by atoms with van der Waals surface area (Å²) in [4.78, 5) is 39.7. The monoisotopic (exact) mass is 374 g/mol. The molecule has 140 valence electrons. The summed E-state index contributed by atoms with van der Waals surface area (Å²) in [7, 11) is 0. The van der Waals surface area contributed by atoms with Gasteiger partial charge >= 0.3 is 5.63 Å². The van der Waals surface area contributed by atoms with Crippen molar-refractivity contribution < 1.29 is 9.21 Å². The van der Waals surface area contributed by atoms with Crippen molar-refractivity contribution in [3.8, 4) is 0 Å². The first kappa shape index (κ1) is 17.7. The number of amides is 1. The molecule has 2 aromatic heterocycles. The predicted octanol–water partition coefficient (Wildman–Crippen LogP) is 3.18. The van der Waals surface area contributed by atoms with E-state index in [4.69, 9.17) is 4.42 Å². The molecule has 28 heavy (non-hydrogen) atoms. The minimum atomic E-state index is -0.713. The summed E-state index contributed by atoms with van der Waals surface area (Å²) in [6, 6.07) is 14.1. The third kappa shape index (κ3) is 3.20. The van der Waals surface area contributed by atoms with E-state index in [1.165, 1.54) is 6.07 Å². The second kappa shape index (κ2) is 6.81. The third-order valence-corrected chi connectivity index (χ3v) is 4.86. The molecule has 0 saturated heterocycles. The van der Waals surface area contributed by atoms with Gasteiger partial charge in [0.15, 0.2) is 0 Å². The predicted molar refractivity (Wildman–Crippen MR) is 108 cm³/mol. The van der Waals surface area contributed by atoms with Crippen molar-refractivity contribution in [1.29, 1.82) is 0 Å². The van der Waals surface area contributed by atoms with Crippen LogP contribution in [0.15, 0.2) is 62.5 Å². The number of pyridine rings is 1. The number of rotatable bonds is 3. The van der Waals surface area contributed by atoms with Crippen molar-refractivity contribution >= 4 is 27.8 Å². The fourth-order valence-corrected chi connectivity index (χ4v) is 3.14. The van der Waals surface area contributed by atoms with Crippen LogP contribution < -0.4 is 16.5 Å². The number of hydrogen-bond acceptors (Lipinski definition) is 4. The fourth-order valence-electron chi connectivity index (χ4n) is 3.14. The Balaban J connectivity index is 1.62. The van der Waals surface area contributed by atoms with Gasteiger partial charge in [-0.25, -0.2) is 4.79 Å². The maximum absolute atomic E-state index is 12.5. The Morgan fingerprint density at radius 3 is 2.57 bits per heavy atom. The maximum atomic E-state index is 12.5. The van der Waals surface area contributed by atoms with E-state index in [0.717, 1.165) is 22.0 Å². The summed E-state index contributed by atoms with van der Waals surface area (Å²) in [5, 5.41) is 4.17. The van der Waals surface area contributed by atoms with Crippen molar-refractivity contribution in [3.05, 3.63) is 91.6 Å². The normalized spacial score (nSPS) is 11.1. The van der Waals surface area contributed by atoms with Gasteiger partial charge in [0.25, 0.3) is 11.5 Å². The summed E-state index contributed by atoms with van der Waals surface area (Å²) in [5.74, 6) is -0.584. The summed E-state index contributed by atoms with van der Waals surface area (Å²) < 4.78 is 5.19. The van der Waals surface area contributed by atoms with Crippen LogP contribution in [0.2, 0.25) is 0 Å². The molecule has 1 amide bonds. The van der Waals surface area contributed by atoms with Crippen LogP contribution in [0.5, 0.6) is 0 Å². The van der Waals surface area contributed by atoms with Gasteiger partial charge in [-0.15, -0.1) is 0 Å². The van der Waals surface area contributed by atoms with Crippen LogP contribution >= 0.6 is 0 Å². The molecule has 2 aromatic carbocycles. The molecule has 0 spiro atoms. The average molecular weight is 374 g/mol. The van der Waals surface area contributed by atoms with Gasteiger partial charge in [0.05, 0.1) is 0 Å². The smallest absolute Gasteiger partial charge is 0.349 e. The van der Waals surface area contributed by atoms with Crippen LogP contribution in [0.3, 0.4) is 0 Å². The van der Waals surface area contributed by atoms with Gasteiger partial charge in [-0.1, -0.05) is 18.2 Å². The number of aromatic nitrogens is 1. The molecule has 0 unspecified atom stereocenters. The van der Waals surface area contributed by atoms with Crippen LogP contribution in [0.25, 0.3) is 21.9 Å². The highest BCUT2D eigenvalue weighted by Gasteiger charge is 2.14. The van der Waals surface area contributed by atoms with E-state index in [0.29, 0.717) is 16.5 Å². The van der Waals surface area contributed by atoms with Gasteiger partial charge in [-0.2, -0.15) is 0 Å². The Labute approximate surface area is 159 Å². The Kier molecular flexibility index (Phi) is 4.31. The van der Waals surface area contributed by atoms with Crippen molar-refractivity contribution in [1.82, 2.24) is 10.3 Å². The zero-order chi connectivity index (χ0) is 19.8. The minimum Gasteiger partial charge on any atom is -0.422 e. The summed E-state index contributed by atoms with van der Waals surface area (Å²) >= 11 is 0. The number of aromatic amines is 1. The summed E-state index contributed by atoms with van der Waals surface area (Å²) in [5.41, 5.74) is 2.70. The molecule has 0 saturated carbocycles. The van der Waals surface area contributed by atoms with Crippen molar-refractivity contribution in [2.24, 2.45) is 0 Å². The summed E-state index contributed by atoms with van der Waals surface area (Å²) in [6.45, 7) is 3.99. The van der Waals surface area contributed by atoms with Crippen LogP contribution in [0.4, 0.5) is 0 Å². The summed E-state index contributed by atoms with van der Waals surface area (Å²) in [6.07, 6.45) is 0. The van der Waals surface area contributed by atoms with E-state index >= 15 is 0 Å². The zero-order valence-electron chi connectivity index (χ0n) is 15.5. The first-order valence-corrected chi connectivity index (χ1v) is 8.86. The second-order valence-corrected chi connectivity index (χ2v) is 6.82. The average Bonchev–Trinajstić information content (AvgIpc) is 2.67. The molecular weight excluding hydrogens is 356 g/mol. The molecule has 4 rings (SSSR count). The van der Waals surface area contributed by atoms with Gasteiger partial charge in [0, 0.05) is 23.0 Å². The minimum absolute atomic E-state index is 0.00327. The molecule has 0 aliphatic rings. The van der Waals surface area contributed by atoms with E-state index in [-0.39, 0.29) is 17.7 Å². The number of aryl methyl sites for hydroxylation is 2. The topological polar surface area (TPSA) is 92.2 Å². The number of carbonyl (C=O) groups is 1. The Hall–Kier alpha value is -3.67. The quantitative estimate of drug-likeness (QED) is 0.539. The molecule has 0 atom stereocenters. The molecule has 0 bridgehead atoms. The number of fused-ring (bicyclic) bond motifs is 2. The SMILES string of the molecule is Cc1cc2cc(CNC(=O)c3cc4ccccc4oc3=O)c(=O)[nH]c2cc1C. The zero-order valence-corrected chi connectivity index (χ0v) is 15.5.